The smallest absolute Gasteiger partial charge is 0.364 e. The van der Waals surface area contributed by atoms with Gasteiger partial charge in [-0.25, -0.2) is 9.67 Å². The zero-order valence-electron chi connectivity index (χ0n) is 16.0. The Morgan fingerprint density at radius 3 is 2.63 bits per heavy atom. The maximum Gasteiger partial charge on any atom is 0.419 e. The fourth-order valence-corrected chi connectivity index (χ4v) is 3.22. The molecule has 0 aliphatic heterocycles. The molecule has 3 heterocycles. The first kappa shape index (κ1) is 20.1. The largest absolute Gasteiger partial charge is 0.419 e. The van der Waals surface area contributed by atoms with Crippen LogP contribution in [0.25, 0.3) is 16.9 Å². The van der Waals surface area contributed by atoms with Crippen molar-refractivity contribution in [2.24, 2.45) is 0 Å². The van der Waals surface area contributed by atoms with Gasteiger partial charge in [-0.2, -0.15) is 28.2 Å². The summed E-state index contributed by atoms with van der Waals surface area (Å²) in [7, 11) is 0. The number of halogens is 4. The Morgan fingerprint density at radius 1 is 1.17 bits per heavy atom. The molecule has 0 aliphatic carbocycles. The van der Waals surface area contributed by atoms with Crippen molar-refractivity contribution in [2.45, 2.75) is 32.6 Å². The summed E-state index contributed by atoms with van der Waals surface area (Å²) in [6, 6.07) is 7.16. The van der Waals surface area contributed by atoms with Gasteiger partial charge in [-0.1, -0.05) is 18.2 Å². The number of alkyl halides is 3. The Bertz CT molecular complexity index is 1200. The quantitative estimate of drug-likeness (QED) is 0.452. The number of imidazole rings is 1. The molecule has 11 heteroatoms. The lowest BCUT2D eigenvalue weighted by atomic mass is 10.1. The summed E-state index contributed by atoms with van der Waals surface area (Å²) in [5.41, 5.74) is 1.59. The van der Waals surface area contributed by atoms with Crippen LogP contribution in [-0.4, -0.2) is 29.3 Å². The molecule has 0 unspecified atom stereocenters. The van der Waals surface area contributed by atoms with E-state index in [0.717, 1.165) is 18.0 Å². The number of hydrogen-bond donors (Lipinski definition) is 1. The fraction of sp³-hybridized carbons (Fsp3) is 0.263. The molecule has 0 bridgehead atoms. The number of nitrogens with one attached hydrogen (secondary N) is 1. The van der Waals surface area contributed by atoms with Crippen molar-refractivity contribution in [1.82, 2.24) is 29.3 Å². The van der Waals surface area contributed by atoms with E-state index in [4.69, 9.17) is 11.6 Å². The van der Waals surface area contributed by atoms with E-state index in [1.54, 1.807) is 30.6 Å². The minimum Gasteiger partial charge on any atom is -0.364 e. The van der Waals surface area contributed by atoms with Gasteiger partial charge in [-0.05, 0) is 37.1 Å². The van der Waals surface area contributed by atoms with Gasteiger partial charge in [-0.15, -0.1) is 0 Å². The van der Waals surface area contributed by atoms with Crippen molar-refractivity contribution >= 4 is 28.6 Å². The molecule has 0 radical (unpaired) electrons. The first-order chi connectivity index (χ1) is 14.2. The minimum atomic E-state index is -4.45. The van der Waals surface area contributed by atoms with Crippen LogP contribution in [0.15, 0.2) is 43.0 Å². The summed E-state index contributed by atoms with van der Waals surface area (Å²) in [5, 5.41) is 7.10. The zero-order valence-corrected chi connectivity index (χ0v) is 16.8. The van der Waals surface area contributed by atoms with Gasteiger partial charge in [0.1, 0.15) is 0 Å². The highest BCUT2D eigenvalue weighted by Gasteiger charge is 2.32. The lowest BCUT2D eigenvalue weighted by Gasteiger charge is -2.12. The molecule has 1 aromatic carbocycles. The summed E-state index contributed by atoms with van der Waals surface area (Å²) < 4.78 is 41.9. The molecule has 4 rings (SSSR count). The normalized spacial score (nSPS) is 12.1. The van der Waals surface area contributed by atoms with Crippen LogP contribution in [0.5, 0.6) is 0 Å². The van der Waals surface area contributed by atoms with Crippen LogP contribution in [0.2, 0.25) is 5.28 Å². The predicted molar refractivity (Wildman–Crippen MR) is 107 cm³/mol. The number of benzene rings is 1. The number of aromatic nitrogens is 6. The number of rotatable bonds is 5. The minimum absolute atomic E-state index is 0.0718. The Labute approximate surface area is 174 Å². The molecule has 0 fully saturated rings. The summed E-state index contributed by atoms with van der Waals surface area (Å²) in [6.45, 7) is 4.27. The molecule has 0 saturated heterocycles. The molecule has 4 aromatic rings. The van der Waals surface area contributed by atoms with Crippen LogP contribution in [0, 0.1) is 0 Å². The number of para-hydroxylation sites is 1. The number of hydrogen-bond acceptors (Lipinski definition) is 5. The van der Waals surface area contributed by atoms with Crippen molar-refractivity contribution in [2.75, 3.05) is 5.32 Å². The molecule has 0 saturated carbocycles. The van der Waals surface area contributed by atoms with E-state index in [0.29, 0.717) is 22.7 Å². The van der Waals surface area contributed by atoms with Crippen LogP contribution in [0.3, 0.4) is 0 Å². The van der Waals surface area contributed by atoms with Gasteiger partial charge in [0.15, 0.2) is 17.0 Å². The summed E-state index contributed by atoms with van der Waals surface area (Å²) in [6.07, 6.45) is -1.02. The Kier molecular flexibility index (Phi) is 5.10. The van der Waals surface area contributed by atoms with E-state index >= 15 is 0 Å². The van der Waals surface area contributed by atoms with Gasteiger partial charge >= 0.3 is 6.18 Å². The number of nitrogens with zero attached hydrogens (tertiary/aromatic N) is 6. The lowest BCUT2D eigenvalue weighted by molar-refractivity contribution is -0.137. The second-order valence-corrected chi connectivity index (χ2v) is 7.25. The van der Waals surface area contributed by atoms with E-state index in [1.807, 2.05) is 18.4 Å². The molecule has 1 N–H and O–H groups in total. The monoisotopic (exact) mass is 435 g/mol. The standard InChI is InChI=1S/C19H17ClF3N7/c1-11(2)29-10-25-15-16(27-18(20)28-17(15)29)24-7-12-5-3-4-6-14(12)30-9-13(8-26-30)19(21,22)23/h3-6,8-11H,7H2,1-2H3,(H,24,27,28). The molecule has 30 heavy (non-hydrogen) atoms. The summed E-state index contributed by atoms with van der Waals surface area (Å²) >= 11 is 6.09. The molecule has 3 aromatic heterocycles. The molecule has 7 nitrogen and oxygen atoms in total. The fourth-order valence-electron chi connectivity index (χ4n) is 3.05. The van der Waals surface area contributed by atoms with Crippen LogP contribution >= 0.6 is 11.6 Å². The SMILES string of the molecule is CC(C)n1cnc2c(NCc3ccccc3-n3cc(C(F)(F)F)cn3)nc(Cl)nc21. The van der Waals surface area contributed by atoms with Gasteiger partial charge in [0, 0.05) is 18.8 Å². The first-order valence-corrected chi connectivity index (χ1v) is 9.46. The van der Waals surface area contributed by atoms with Gasteiger partial charge in [-0.3, -0.25) is 0 Å². The topological polar surface area (TPSA) is 73.5 Å². The maximum absolute atomic E-state index is 12.9. The Morgan fingerprint density at radius 2 is 1.93 bits per heavy atom. The third-order valence-corrected chi connectivity index (χ3v) is 4.71. The molecular formula is C19H17ClF3N7. The van der Waals surface area contributed by atoms with E-state index in [-0.39, 0.29) is 17.9 Å². The second kappa shape index (κ2) is 7.60. The van der Waals surface area contributed by atoms with E-state index in [2.05, 4.69) is 25.4 Å². The molecule has 0 spiro atoms. The van der Waals surface area contributed by atoms with Crippen molar-refractivity contribution in [1.29, 1.82) is 0 Å². The maximum atomic E-state index is 12.9. The molecular weight excluding hydrogens is 419 g/mol. The number of anilines is 1. The summed E-state index contributed by atoms with van der Waals surface area (Å²) in [5.74, 6) is 0.440. The predicted octanol–water partition coefficient (Wildman–Crippen LogP) is 4.88. The van der Waals surface area contributed by atoms with E-state index in [1.165, 1.54) is 4.68 Å². The summed E-state index contributed by atoms with van der Waals surface area (Å²) in [4.78, 5) is 12.9. The third-order valence-electron chi connectivity index (χ3n) is 4.55. The first-order valence-electron chi connectivity index (χ1n) is 9.08. The molecule has 0 atom stereocenters. The lowest BCUT2D eigenvalue weighted by Crippen LogP contribution is -2.08. The van der Waals surface area contributed by atoms with Gasteiger partial charge in [0.05, 0.1) is 23.8 Å². The highest BCUT2D eigenvalue weighted by molar-refractivity contribution is 6.28. The van der Waals surface area contributed by atoms with Gasteiger partial charge in [0.2, 0.25) is 5.28 Å². The zero-order chi connectivity index (χ0) is 21.5. The Balaban J connectivity index is 1.65. The number of fused-ring (bicyclic) bond motifs is 1. The van der Waals surface area contributed by atoms with Crippen molar-refractivity contribution in [3.63, 3.8) is 0 Å². The van der Waals surface area contributed by atoms with Gasteiger partial charge in [0.25, 0.3) is 0 Å². The van der Waals surface area contributed by atoms with Crippen molar-refractivity contribution in [3.05, 3.63) is 59.4 Å². The Hall–Kier alpha value is -3.14. The molecule has 0 amide bonds. The highest BCUT2D eigenvalue weighted by Crippen LogP contribution is 2.30. The van der Waals surface area contributed by atoms with Crippen LogP contribution < -0.4 is 5.32 Å². The van der Waals surface area contributed by atoms with E-state index < -0.39 is 11.7 Å². The third kappa shape index (κ3) is 3.82. The van der Waals surface area contributed by atoms with Crippen LogP contribution in [0.4, 0.5) is 19.0 Å². The average Bonchev–Trinajstić information content (AvgIpc) is 3.33. The highest BCUT2D eigenvalue weighted by atomic mass is 35.5. The van der Waals surface area contributed by atoms with Crippen molar-refractivity contribution in [3.8, 4) is 5.69 Å². The van der Waals surface area contributed by atoms with E-state index in [9.17, 15) is 13.2 Å². The van der Waals surface area contributed by atoms with Crippen LogP contribution in [-0.2, 0) is 12.7 Å². The van der Waals surface area contributed by atoms with Crippen LogP contribution in [0.1, 0.15) is 31.0 Å². The van der Waals surface area contributed by atoms with Gasteiger partial charge < -0.3 is 9.88 Å². The molecule has 0 aliphatic rings. The average molecular weight is 436 g/mol. The van der Waals surface area contributed by atoms with Crippen molar-refractivity contribution < 1.29 is 13.2 Å². The molecule has 156 valence electrons. The second-order valence-electron chi connectivity index (χ2n) is 6.91.